The van der Waals surface area contributed by atoms with Crippen molar-refractivity contribution in [1.29, 1.82) is 0 Å². The summed E-state index contributed by atoms with van der Waals surface area (Å²) in [6.45, 7) is 6.47. The molecule has 0 aliphatic heterocycles. The fraction of sp³-hybridized carbons (Fsp3) is 0.429. The first kappa shape index (κ1) is 15.1. The zero-order valence-corrected chi connectivity index (χ0v) is 11.4. The number of carbonyl (C=O) groups is 2. The summed E-state index contributed by atoms with van der Waals surface area (Å²) < 4.78 is 18.9. The van der Waals surface area contributed by atoms with Crippen LogP contribution in [-0.2, 0) is 4.79 Å². The maximum Gasteiger partial charge on any atom is 0.263 e. The van der Waals surface area contributed by atoms with Gasteiger partial charge in [-0.05, 0) is 39.0 Å². The molecule has 19 heavy (non-hydrogen) atoms. The molecule has 0 fully saturated rings. The quantitative estimate of drug-likeness (QED) is 0.743. The Morgan fingerprint density at radius 1 is 1.42 bits per heavy atom. The second-order valence-corrected chi connectivity index (χ2v) is 4.08. The first-order chi connectivity index (χ1) is 9.03. The summed E-state index contributed by atoms with van der Waals surface area (Å²) in [4.78, 5) is 24.1. The molecule has 0 spiro atoms. The smallest absolute Gasteiger partial charge is 0.263 e. The topological polar surface area (TPSA) is 46.6 Å². The van der Waals surface area contributed by atoms with E-state index in [0.717, 1.165) is 6.07 Å². The summed E-state index contributed by atoms with van der Waals surface area (Å²) in [6, 6.07) is 3.88. The van der Waals surface area contributed by atoms with Crippen LogP contribution in [0.5, 0.6) is 5.75 Å². The van der Waals surface area contributed by atoms with Crippen LogP contribution in [0.2, 0.25) is 0 Å². The van der Waals surface area contributed by atoms with Crippen LogP contribution in [0.15, 0.2) is 18.2 Å². The molecule has 0 N–H and O–H groups in total. The SMILES string of the molecule is CCN(CC)C(=O)C(C)Oc1ccc(C=O)cc1F. The highest BCUT2D eigenvalue weighted by Crippen LogP contribution is 2.19. The number of halogens is 1. The lowest BCUT2D eigenvalue weighted by molar-refractivity contribution is -0.137. The van der Waals surface area contributed by atoms with Crippen LogP contribution in [-0.4, -0.2) is 36.3 Å². The molecule has 1 amide bonds. The molecule has 0 aromatic heterocycles. The Morgan fingerprint density at radius 3 is 2.53 bits per heavy atom. The minimum Gasteiger partial charge on any atom is -0.478 e. The van der Waals surface area contributed by atoms with Gasteiger partial charge >= 0.3 is 0 Å². The van der Waals surface area contributed by atoms with Crippen LogP contribution in [0, 0.1) is 5.82 Å². The number of carbonyl (C=O) groups excluding carboxylic acids is 2. The molecule has 0 heterocycles. The van der Waals surface area contributed by atoms with Crippen molar-refractivity contribution in [3.05, 3.63) is 29.6 Å². The molecule has 4 nitrogen and oxygen atoms in total. The van der Waals surface area contributed by atoms with Gasteiger partial charge in [0.2, 0.25) is 0 Å². The summed E-state index contributed by atoms with van der Waals surface area (Å²) in [6.07, 6.45) is -0.214. The van der Waals surface area contributed by atoms with E-state index in [2.05, 4.69) is 0 Å². The van der Waals surface area contributed by atoms with Crippen molar-refractivity contribution in [3.63, 3.8) is 0 Å². The molecule has 0 saturated heterocycles. The van der Waals surface area contributed by atoms with Crippen molar-refractivity contribution in [2.24, 2.45) is 0 Å². The predicted octanol–water partition coefficient (Wildman–Crippen LogP) is 2.27. The molecule has 0 bridgehead atoms. The lowest BCUT2D eigenvalue weighted by Gasteiger charge is -2.23. The third kappa shape index (κ3) is 3.77. The van der Waals surface area contributed by atoms with Crippen molar-refractivity contribution in [2.45, 2.75) is 26.9 Å². The van der Waals surface area contributed by atoms with Gasteiger partial charge in [-0.2, -0.15) is 0 Å². The normalized spacial score (nSPS) is 11.8. The van der Waals surface area contributed by atoms with Crippen LogP contribution in [0.4, 0.5) is 4.39 Å². The molecule has 1 rings (SSSR count). The van der Waals surface area contributed by atoms with Gasteiger partial charge in [-0.25, -0.2) is 4.39 Å². The van der Waals surface area contributed by atoms with E-state index in [4.69, 9.17) is 4.74 Å². The fourth-order valence-electron chi connectivity index (χ4n) is 1.72. The lowest BCUT2D eigenvalue weighted by Crippen LogP contribution is -2.40. The Kier molecular flexibility index (Phi) is 5.48. The van der Waals surface area contributed by atoms with Gasteiger partial charge in [0.15, 0.2) is 17.7 Å². The van der Waals surface area contributed by atoms with Crippen LogP contribution in [0.25, 0.3) is 0 Å². The Hall–Kier alpha value is -1.91. The number of rotatable bonds is 6. The molecule has 5 heteroatoms. The Morgan fingerprint density at radius 2 is 2.05 bits per heavy atom. The van der Waals surface area contributed by atoms with Crippen molar-refractivity contribution in [3.8, 4) is 5.75 Å². The molecular formula is C14H18FNO3. The van der Waals surface area contributed by atoms with Crippen molar-refractivity contribution >= 4 is 12.2 Å². The third-order valence-electron chi connectivity index (χ3n) is 2.82. The van der Waals surface area contributed by atoms with Crippen LogP contribution >= 0.6 is 0 Å². The average molecular weight is 267 g/mol. The summed E-state index contributed by atoms with van der Waals surface area (Å²) in [5.74, 6) is -0.869. The number of hydrogen-bond donors (Lipinski definition) is 0. The second kappa shape index (κ2) is 6.87. The minimum atomic E-state index is -0.767. The van der Waals surface area contributed by atoms with Gasteiger partial charge in [-0.15, -0.1) is 0 Å². The van der Waals surface area contributed by atoms with Crippen LogP contribution in [0.3, 0.4) is 0 Å². The van der Waals surface area contributed by atoms with Crippen LogP contribution < -0.4 is 4.74 Å². The Bertz CT molecular complexity index is 458. The third-order valence-corrected chi connectivity index (χ3v) is 2.82. The highest BCUT2D eigenvalue weighted by molar-refractivity contribution is 5.81. The summed E-state index contributed by atoms with van der Waals surface area (Å²) in [7, 11) is 0. The van der Waals surface area contributed by atoms with E-state index >= 15 is 0 Å². The first-order valence-electron chi connectivity index (χ1n) is 6.23. The Labute approximate surface area is 112 Å². The predicted molar refractivity (Wildman–Crippen MR) is 69.8 cm³/mol. The average Bonchev–Trinajstić information content (AvgIpc) is 2.42. The van der Waals surface area contributed by atoms with E-state index in [0.29, 0.717) is 19.4 Å². The highest BCUT2D eigenvalue weighted by atomic mass is 19.1. The lowest BCUT2D eigenvalue weighted by atomic mass is 10.2. The number of benzene rings is 1. The van der Waals surface area contributed by atoms with Crippen LogP contribution in [0.1, 0.15) is 31.1 Å². The monoisotopic (exact) mass is 267 g/mol. The highest BCUT2D eigenvalue weighted by Gasteiger charge is 2.20. The van der Waals surface area contributed by atoms with Gasteiger partial charge in [-0.1, -0.05) is 0 Å². The van der Waals surface area contributed by atoms with Gasteiger partial charge in [0.05, 0.1) is 0 Å². The largest absolute Gasteiger partial charge is 0.478 e. The molecule has 1 atom stereocenters. The standard InChI is InChI=1S/C14H18FNO3/c1-4-16(5-2)14(18)10(3)19-13-7-6-11(9-17)8-12(13)15/h6-10H,4-5H2,1-3H3. The maximum absolute atomic E-state index is 13.6. The summed E-state index contributed by atoms with van der Waals surface area (Å²) in [5, 5.41) is 0. The maximum atomic E-state index is 13.6. The minimum absolute atomic E-state index is 0.0291. The second-order valence-electron chi connectivity index (χ2n) is 4.08. The molecular weight excluding hydrogens is 249 g/mol. The van der Waals surface area contributed by atoms with Crippen molar-refractivity contribution in [1.82, 2.24) is 4.90 Å². The fourth-order valence-corrected chi connectivity index (χ4v) is 1.72. The molecule has 1 unspecified atom stereocenters. The first-order valence-corrected chi connectivity index (χ1v) is 6.23. The zero-order chi connectivity index (χ0) is 14.4. The molecule has 1 aromatic rings. The zero-order valence-electron chi connectivity index (χ0n) is 11.4. The van der Waals surface area contributed by atoms with Crippen molar-refractivity contribution in [2.75, 3.05) is 13.1 Å². The van der Waals surface area contributed by atoms with Gasteiger partial charge in [-0.3, -0.25) is 9.59 Å². The van der Waals surface area contributed by atoms with Gasteiger partial charge in [0, 0.05) is 18.7 Å². The molecule has 0 saturated carbocycles. The van der Waals surface area contributed by atoms with Crippen molar-refractivity contribution < 1.29 is 18.7 Å². The number of nitrogens with zero attached hydrogens (tertiary/aromatic N) is 1. The van der Waals surface area contributed by atoms with Gasteiger partial charge in [0.1, 0.15) is 6.29 Å². The molecule has 1 aromatic carbocycles. The summed E-state index contributed by atoms with van der Waals surface area (Å²) >= 11 is 0. The molecule has 104 valence electrons. The molecule has 0 aliphatic carbocycles. The molecule has 0 aliphatic rings. The number of hydrogen-bond acceptors (Lipinski definition) is 3. The Balaban J connectivity index is 2.79. The van der Waals surface area contributed by atoms with E-state index in [-0.39, 0.29) is 17.2 Å². The van der Waals surface area contributed by atoms with E-state index in [1.54, 1.807) is 11.8 Å². The van der Waals surface area contributed by atoms with E-state index in [1.807, 2.05) is 13.8 Å². The van der Waals surface area contributed by atoms with E-state index in [9.17, 15) is 14.0 Å². The van der Waals surface area contributed by atoms with E-state index < -0.39 is 11.9 Å². The molecule has 0 radical (unpaired) electrons. The number of ether oxygens (including phenoxy) is 1. The van der Waals surface area contributed by atoms with E-state index in [1.165, 1.54) is 12.1 Å². The van der Waals surface area contributed by atoms with Gasteiger partial charge < -0.3 is 9.64 Å². The number of aldehydes is 1. The van der Waals surface area contributed by atoms with Gasteiger partial charge in [0.25, 0.3) is 5.91 Å². The summed E-state index contributed by atoms with van der Waals surface area (Å²) in [5.41, 5.74) is 0.229. The number of likely N-dealkylation sites (N-methyl/N-ethyl adjacent to an activating group) is 1. The number of amides is 1.